The number of halogens is 1. The van der Waals surface area contributed by atoms with E-state index in [0.717, 1.165) is 5.56 Å². The Kier molecular flexibility index (Phi) is 3.89. The zero-order chi connectivity index (χ0) is 10.6. The van der Waals surface area contributed by atoms with E-state index in [9.17, 15) is 4.39 Å². The molecule has 1 aromatic carbocycles. The summed E-state index contributed by atoms with van der Waals surface area (Å²) in [7, 11) is 1.60. The van der Waals surface area contributed by atoms with Crippen LogP contribution in [0.15, 0.2) is 18.2 Å². The van der Waals surface area contributed by atoms with Crippen LogP contribution in [0.25, 0.3) is 0 Å². The normalized spacial score (nSPS) is 10.6. The maximum Gasteiger partial charge on any atom is 0.165 e. The zero-order valence-corrected chi connectivity index (χ0v) is 8.71. The van der Waals surface area contributed by atoms with E-state index in [-0.39, 0.29) is 17.7 Å². The number of methoxy groups -OCH3 is 1. The van der Waals surface area contributed by atoms with Crippen LogP contribution in [0.1, 0.15) is 19.4 Å². The predicted octanol–water partition coefficient (Wildman–Crippen LogP) is 2.76. The van der Waals surface area contributed by atoms with Crippen LogP contribution in [-0.4, -0.2) is 13.2 Å². The Morgan fingerprint density at radius 2 is 2.07 bits per heavy atom. The smallest absolute Gasteiger partial charge is 0.165 e. The van der Waals surface area contributed by atoms with Crippen molar-refractivity contribution in [3.63, 3.8) is 0 Å². The fourth-order valence-corrected chi connectivity index (χ4v) is 1.15. The summed E-state index contributed by atoms with van der Waals surface area (Å²) >= 11 is 0. The van der Waals surface area contributed by atoms with E-state index in [1.54, 1.807) is 19.2 Å². The van der Waals surface area contributed by atoms with Crippen LogP contribution in [0.5, 0.6) is 5.75 Å². The molecule has 0 aromatic heterocycles. The van der Waals surface area contributed by atoms with Crippen LogP contribution in [0.2, 0.25) is 0 Å². The Labute approximate surface area is 83.6 Å². The quantitative estimate of drug-likeness (QED) is 0.740. The molecule has 0 saturated carbocycles. The molecule has 14 heavy (non-hydrogen) atoms. The zero-order valence-electron chi connectivity index (χ0n) is 8.71. The topological polar surface area (TPSA) is 18.5 Å². The van der Waals surface area contributed by atoms with Crippen LogP contribution in [0.4, 0.5) is 4.39 Å². The fourth-order valence-electron chi connectivity index (χ4n) is 1.15. The summed E-state index contributed by atoms with van der Waals surface area (Å²) in [6.07, 6.45) is -0.0257. The van der Waals surface area contributed by atoms with E-state index in [1.165, 1.54) is 6.07 Å². The molecule has 0 fully saturated rings. The molecule has 0 saturated heterocycles. The van der Waals surface area contributed by atoms with Gasteiger partial charge in [-0.15, -0.1) is 0 Å². The van der Waals surface area contributed by atoms with Gasteiger partial charge in [0.2, 0.25) is 0 Å². The maximum atomic E-state index is 13.2. The number of rotatable bonds is 4. The minimum absolute atomic E-state index is 0.0257. The van der Waals surface area contributed by atoms with Gasteiger partial charge in [0, 0.05) is 7.11 Å². The Morgan fingerprint density at radius 3 is 2.64 bits per heavy atom. The second kappa shape index (κ2) is 4.96. The first-order valence-corrected chi connectivity index (χ1v) is 4.57. The van der Waals surface area contributed by atoms with E-state index in [1.807, 2.05) is 13.8 Å². The molecule has 0 amide bonds. The molecule has 0 spiro atoms. The lowest BCUT2D eigenvalue weighted by atomic mass is 10.2. The summed E-state index contributed by atoms with van der Waals surface area (Å²) in [4.78, 5) is 0. The third-order valence-electron chi connectivity index (χ3n) is 1.67. The first kappa shape index (κ1) is 11.0. The van der Waals surface area contributed by atoms with Gasteiger partial charge >= 0.3 is 0 Å². The van der Waals surface area contributed by atoms with Gasteiger partial charge in [-0.2, -0.15) is 0 Å². The minimum atomic E-state index is -0.335. The van der Waals surface area contributed by atoms with Gasteiger partial charge in [-0.25, -0.2) is 4.39 Å². The molecule has 0 bridgehead atoms. The standard InChI is InChI=1S/C11H15FO2/c1-8(2)14-11-6-9(7-13-3)4-5-10(11)12/h4-6,8H,7H2,1-3H3. The molecule has 0 aliphatic heterocycles. The molecule has 0 aliphatic carbocycles. The van der Waals surface area contributed by atoms with E-state index in [0.29, 0.717) is 6.61 Å². The number of ether oxygens (including phenoxy) is 2. The highest BCUT2D eigenvalue weighted by molar-refractivity contribution is 5.30. The minimum Gasteiger partial charge on any atom is -0.488 e. The molecular formula is C11H15FO2. The molecule has 0 aliphatic rings. The van der Waals surface area contributed by atoms with Crippen molar-refractivity contribution >= 4 is 0 Å². The van der Waals surface area contributed by atoms with Gasteiger partial charge in [0.15, 0.2) is 11.6 Å². The molecule has 1 aromatic rings. The summed E-state index contributed by atoms with van der Waals surface area (Å²) in [5, 5.41) is 0. The summed E-state index contributed by atoms with van der Waals surface area (Å²) in [6, 6.07) is 4.75. The highest BCUT2D eigenvalue weighted by Crippen LogP contribution is 2.20. The van der Waals surface area contributed by atoms with Crippen LogP contribution in [-0.2, 0) is 11.3 Å². The lowest BCUT2D eigenvalue weighted by Gasteiger charge is -2.11. The Balaban J connectivity index is 2.84. The van der Waals surface area contributed by atoms with Crippen molar-refractivity contribution in [2.24, 2.45) is 0 Å². The van der Waals surface area contributed by atoms with Crippen LogP contribution in [0.3, 0.4) is 0 Å². The highest BCUT2D eigenvalue weighted by Gasteiger charge is 2.06. The van der Waals surface area contributed by atoms with Crippen LogP contribution >= 0.6 is 0 Å². The lowest BCUT2D eigenvalue weighted by molar-refractivity contribution is 0.183. The lowest BCUT2D eigenvalue weighted by Crippen LogP contribution is -2.07. The molecule has 3 heteroatoms. The number of hydrogen-bond acceptors (Lipinski definition) is 2. The Morgan fingerprint density at radius 1 is 1.36 bits per heavy atom. The van der Waals surface area contributed by atoms with Gasteiger partial charge in [0.1, 0.15) is 0 Å². The SMILES string of the molecule is COCc1ccc(F)c(OC(C)C)c1. The van der Waals surface area contributed by atoms with Gasteiger partial charge in [-0.3, -0.25) is 0 Å². The summed E-state index contributed by atoms with van der Waals surface area (Å²) in [5.74, 6) is -0.0481. The summed E-state index contributed by atoms with van der Waals surface area (Å²) in [5.41, 5.74) is 0.907. The van der Waals surface area contributed by atoms with E-state index < -0.39 is 0 Å². The first-order valence-electron chi connectivity index (χ1n) is 4.57. The van der Waals surface area contributed by atoms with Crippen molar-refractivity contribution in [3.8, 4) is 5.75 Å². The predicted molar refractivity (Wildman–Crippen MR) is 52.9 cm³/mol. The monoisotopic (exact) mass is 198 g/mol. The molecule has 0 N–H and O–H groups in total. The second-order valence-corrected chi connectivity index (χ2v) is 3.36. The highest BCUT2D eigenvalue weighted by atomic mass is 19.1. The van der Waals surface area contributed by atoms with Crippen LogP contribution < -0.4 is 4.74 Å². The molecule has 78 valence electrons. The third-order valence-corrected chi connectivity index (χ3v) is 1.67. The van der Waals surface area contributed by atoms with Crippen molar-refractivity contribution in [1.29, 1.82) is 0 Å². The largest absolute Gasteiger partial charge is 0.488 e. The summed E-state index contributed by atoms with van der Waals surface area (Å²) < 4.78 is 23.5. The van der Waals surface area contributed by atoms with Crippen molar-refractivity contribution < 1.29 is 13.9 Å². The van der Waals surface area contributed by atoms with Gasteiger partial charge in [-0.1, -0.05) is 6.07 Å². The van der Waals surface area contributed by atoms with Crippen molar-refractivity contribution in [3.05, 3.63) is 29.6 Å². The van der Waals surface area contributed by atoms with Gasteiger partial charge in [-0.05, 0) is 31.5 Å². The van der Waals surface area contributed by atoms with E-state index in [4.69, 9.17) is 9.47 Å². The Hall–Kier alpha value is -1.09. The van der Waals surface area contributed by atoms with E-state index in [2.05, 4.69) is 0 Å². The van der Waals surface area contributed by atoms with Crippen molar-refractivity contribution in [2.45, 2.75) is 26.6 Å². The van der Waals surface area contributed by atoms with Crippen molar-refractivity contribution in [2.75, 3.05) is 7.11 Å². The number of hydrogen-bond donors (Lipinski definition) is 0. The molecule has 0 atom stereocenters. The Bertz CT molecular complexity index is 297. The molecule has 0 radical (unpaired) electrons. The molecular weight excluding hydrogens is 183 g/mol. The van der Waals surface area contributed by atoms with Crippen molar-refractivity contribution in [1.82, 2.24) is 0 Å². The average Bonchev–Trinajstić information content (AvgIpc) is 2.10. The third kappa shape index (κ3) is 3.00. The van der Waals surface area contributed by atoms with Gasteiger partial charge in [0.25, 0.3) is 0 Å². The average molecular weight is 198 g/mol. The molecule has 0 unspecified atom stereocenters. The molecule has 0 heterocycles. The molecule has 2 nitrogen and oxygen atoms in total. The van der Waals surface area contributed by atoms with Crippen LogP contribution in [0, 0.1) is 5.82 Å². The number of benzene rings is 1. The van der Waals surface area contributed by atoms with Gasteiger partial charge < -0.3 is 9.47 Å². The maximum absolute atomic E-state index is 13.2. The first-order chi connectivity index (χ1) is 6.63. The summed E-state index contributed by atoms with van der Waals surface area (Å²) in [6.45, 7) is 4.19. The second-order valence-electron chi connectivity index (χ2n) is 3.36. The van der Waals surface area contributed by atoms with Gasteiger partial charge in [0.05, 0.1) is 12.7 Å². The fraction of sp³-hybridized carbons (Fsp3) is 0.455. The molecule has 1 rings (SSSR count). The van der Waals surface area contributed by atoms with E-state index >= 15 is 0 Å².